The van der Waals surface area contributed by atoms with E-state index in [1.54, 1.807) is 6.92 Å². The Morgan fingerprint density at radius 1 is 1.39 bits per heavy atom. The lowest BCUT2D eigenvalue weighted by molar-refractivity contribution is -0.121. The van der Waals surface area contributed by atoms with E-state index < -0.39 is 0 Å². The maximum Gasteiger partial charge on any atom is 0.251 e. The summed E-state index contributed by atoms with van der Waals surface area (Å²) in [5, 5.41) is 2.94. The molecule has 1 amide bonds. The zero-order chi connectivity index (χ0) is 16.2. The van der Waals surface area contributed by atoms with Crippen LogP contribution in [-0.4, -0.2) is 22.4 Å². The van der Waals surface area contributed by atoms with Crippen LogP contribution < -0.4 is 10.9 Å². The first kappa shape index (κ1) is 15.5. The first-order chi connectivity index (χ1) is 11.1. The van der Waals surface area contributed by atoms with Crippen LogP contribution >= 0.6 is 0 Å². The lowest BCUT2D eigenvalue weighted by atomic mass is 9.97. The van der Waals surface area contributed by atoms with Crippen LogP contribution in [0.5, 0.6) is 0 Å². The highest BCUT2D eigenvalue weighted by atomic mass is 16.1. The smallest absolute Gasteiger partial charge is 0.251 e. The van der Waals surface area contributed by atoms with E-state index in [-0.39, 0.29) is 11.5 Å². The molecule has 1 aromatic heterocycles. The molecular formula is C18H21N3O2. The number of aryl methyl sites for hydroxylation is 2. The minimum absolute atomic E-state index is 0.0632. The predicted molar refractivity (Wildman–Crippen MR) is 88.4 cm³/mol. The topological polar surface area (TPSA) is 74.8 Å². The predicted octanol–water partition coefficient (Wildman–Crippen LogP) is 1.86. The standard InChI is InChI=1S/C18H21N3O2/c1-12-20-15(11-18(23)21-12)8-9-19-17(22)10-14-7-6-13-4-2-3-5-16(13)14/h2-5,11,14H,6-10H2,1H3,(H,19,22)(H,20,21,23). The third kappa shape index (κ3) is 3.86. The van der Waals surface area contributed by atoms with Crippen LogP contribution in [0, 0.1) is 6.92 Å². The van der Waals surface area contributed by atoms with Gasteiger partial charge in [-0.3, -0.25) is 9.59 Å². The molecule has 5 nitrogen and oxygen atoms in total. The van der Waals surface area contributed by atoms with Crippen molar-refractivity contribution in [2.75, 3.05) is 6.54 Å². The zero-order valence-electron chi connectivity index (χ0n) is 13.3. The van der Waals surface area contributed by atoms with Crippen molar-refractivity contribution in [2.45, 2.75) is 38.5 Å². The Balaban J connectivity index is 1.50. The van der Waals surface area contributed by atoms with Crippen molar-refractivity contribution >= 4 is 5.91 Å². The molecule has 0 spiro atoms. The molecule has 5 heteroatoms. The number of amides is 1. The van der Waals surface area contributed by atoms with Crippen molar-refractivity contribution in [3.63, 3.8) is 0 Å². The van der Waals surface area contributed by atoms with Gasteiger partial charge in [0.05, 0.1) is 0 Å². The number of rotatable bonds is 5. The van der Waals surface area contributed by atoms with Gasteiger partial charge in [-0.2, -0.15) is 0 Å². The summed E-state index contributed by atoms with van der Waals surface area (Å²) in [5.74, 6) is 0.987. The number of carbonyl (C=O) groups excluding carboxylic acids is 1. The number of hydrogen-bond acceptors (Lipinski definition) is 3. The van der Waals surface area contributed by atoms with Gasteiger partial charge in [0, 0.05) is 31.1 Å². The lowest BCUT2D eigenvalue weighted by Crippen LogP contribution is -2.27. The molecule has 1 aliphatic rings. The SMILES string of the molecule is Cc1nc(CCNC(=O)CC2CCc3ccccc32)cc(=O)[nH]1. The summed E-state index contributed by atoms with van der Waals surface area (Å²) in [5.41, 5.74) is 3.24. The normalized spacial score (nSPS) is 16.1. The van der Waals surface area contributed by atoms with Crippen LogP contribution in [0.4, 0.5) is 0 Å². The van der Waals surface area contributed by atoms with Crippen LogP contribution in [0.2, 0.25) is 0 Å². The number of nitrogens with one attached hydrogen (secondary N) is 2. The van der Waals surface area contributed by atoms with E-state index in [0.29, 0.717) is 36.8 Å². The molecule has 2 N–H and O–H groups in total. The maximum atomic E-state index is 12.1. The molecule has 1 atom stereocenters. The van der Waals surface area contributed by atoms with Gasteiger partial charge in [-0.05, 0) is 36.8 Å². The average molecular weight is 311 g/mol. The molecule has 0 bridgehead atoms. The van der Waals surface area contributed by atoms with Gasteiger partial charge in [0.2, 0.25) is 5.91 Å². The van der Waals surface area contributed by atoms with E-state index in [4.69, 9.17) is 0 Å². The van der Waals surface area contributed by atoms with Gasteiger partial charge in [-0.25, -0.2) is 4.98 Å². The van der Waals surface area contributed by atoms with Crippen LogP contribution in [0.25, 0.3) is 0 Å². The number of nitrogens with zero attached hydrogens (tertiary/aromatic N) is 1. The number of benzene rings is 1. The summed E-state index contributed by atoms with van der Waals surface area (Å²) in [6, 6.07) is 9.84. The van der Waals surface area contributed by atoms with E-state index in [2.05, 4.69) is 33.5 Å². The molecule has 0 saturated heterocycles. The van der Waals surface area contributed by atoms with Crippen molar-refractivity contribution in [1.29, 1.82) is 0 Å². The number of hydrogen-bond donors (Lipinski definition) is 2. The third-order valence-electron chi connectivity index (χ3n) is 4.31. The van der Waals surface area contributed by atoms with Crippen molar-refractivity contribution < 1.29 is 4.79 Å². The van der Waals surface area contributed by atoms with Crippen LogP contribution in [0.15, 0.2) is 35.1 Å². The molecule has 23 heavy (non-hydrogen) atoms. The number of H-pyrrole nitrogens is 1. The summed E-state index contributed by atoms with van der Waals surface area (Å²) in [6.45, 7) is 2.25. The fourth-order valence-electron chi connectivity index (χ4n) is 3.25. The molecule has 1 unspecified atom stereocenters. The molecule has 0 radical (unpaired) electrons. The molecule has 2 aromatic rings. The zero-order valence-corrected chi connectivity index (χ0v) is 13.3. The van der Waals surface area contributed by atoms with Gasteiger partial charge < -0.3 is 10.3 Å². The van der Waals surface area contributed by atoms with Gasteiger partial charge in [0.1, 0.15) is 5.82 Å². The molecule has 120 valence electrons. The van der Waals surface area contributed by atoms with Gasteiger partial charge in [0.25, 0.3) is 5.56 Å². The summed E-state index contributed by atoms with van der Waals surface area (Å²) in [7, 11) is 0. The van der Waals surface area contributed by atoms with E-state index in [0.717, 1.165) is 12.8 Å². The Hall–Kier alpha value is -2.43. The number of aromatic amines is 1. The van der Waals surface area contributed by atoms with Crippen LogP contribution in [0.1, 0.15) is 41.4 Å². The molecule has 1 heterocycles. The van der Waals surface area contributed by atoms with Gasteiger partial charge in [-0.15, -0.1) is 0 Å². The molecule has 0 aliphatic heterocycles. The van der Waals surface area contributed by atoms with E-state index in [1.165, 1.54) is 17.2 Å². The Morgan fingerprint density at radius 2 is 2.22 bits per heavy atom. The number of fused-ring (bicyclic) bond motifs is 1. The fourth-order valence-corrected chi connectivity index (χ4v) is 3.25. The summed E-state index contributed by atoms with van der Waals surface area (Å²) >= 11 is 0. The summed E-state index contributed by atoms with van der Waals surface area (Å²) in [6.07, 6.45) is 3.20. The highest BCUT2D eigenvalue weighted by molar-refractivity contribution is 5.77. The Morgan fingerprint density at radius 3 is 3.04 bits per heavy atom. The van der Waals surface area contributed by atoms with E-state index >= 15 is 0 Å². The molecule has 1 aromatic carbocycles. The third-order valence-corrected chi connectivity index (χ3v) is 4.31. The van der Waals surface area contributed by atoms with Crippen LogP contribution in [-0.2, 0) is 17.6 Å². The van der Waals surface area contributed by atoms with Crippen LogP contribution in [0.3, 0.4) is 0 Å². The highest BCUT2D eigenvalue weighted by Gasteiger charge is 2.23. The van der Waals surface area contributed by atoms with Crippen molar-refractivity contribution in [2.24, 2.45) is 0 Å². The second kappa shape index (κ2) is 6.77. The Bertz CT molecular complexity index is 767. The Kier molecular flexibility index (Phi) is 4.55. The molecule has 1 aliphatic carbocycles. The minimum Gasteiger partial charge on any atom is -0.356 e. The van der Waals surface area contributed by atoms with Crippen molar-refractivity contribution in [1.82, 2.24) is 15.3 Å². The molecule has 3 rings (SSSR count). The lowest BCUT2D eigenvalue weighted by Gasteiger charge is -2.11. The fraction of sp³-hybridized carbons (Fsp3) is 0.389. The minimum atomic E-state index is -0.151. The second-order valence-corrected chi connectivity index (χ2v) is 6.06. The summed E-state index contributed by atoms with van der Waals surface area (Å²) < 4.78 is 0. The first-order valence-corrected chi connectivity index (χ1v) is 8.03. The number of carbonyl (C=O) groups is 1. The highest BCUT2D eigenvalue weighted by Crippen LogP contribution is 2.34. The van der Waals surface area contributed by atoms with Gasteiger partial charge in [0.15, 0.2) is 0 Å². The first-order valence-electron chi connectivity index (χ1n) is 8.03. The number of aromatic nitrogens is 2. The second-order valence-electron chi connectivity index (χ2n) is 6.06. The quantitative estimate of drug-likeness (QED) is 0.885. The van der Waals surface area contributed by atoms with E-state index in [9.17, 15) is 9.59 Å². The monoisotopic (exact) mass is 311 g/mol. The molecular weight excluding hydrogens is 290 g/mol. The maximum absolute atomic E-state index is 12.1. The van der Waals surface area contributed by atoms with Gasteiger partial charge in [-0.1, -0.05) is 24.3 Å². The van der Waals surface area contributed by atoms with Crippen molar-refractivity contribution in [3.05, 3.63) is 63.3 Å². The van der Waals surface area contributed by atoms with Gasteiger partial charge >= 0.3 is 0 Å². The molecule has 0 saturated carbocycles. The van der Waals surface area contributed by atoms with Crippen molar-refractivity contribution in [3.8, 4) is 0 Å². The largest absolute Gasteiger partial charge is 0.356 e. The Labute approximate surface area is 135 Å². The summed E-state index contributed by atoms with van der Waals surface area (Å²) in [4.78, 5) is 30.4. The van der Waals surface area contributed by atoms with E-state index in [1.807, 2.05) is 6.07 Å². The molecule has 0 fully saturated rings. The average Bonchev–Trinajstić information content (AvgIpc) is 2.90.